The van der Waals surface area contributed by atoms with Crippen LogP contribution in [0.4, 0.5) is 0 Å². The molecule has 0 radical (unpaired) electrons. The van der Waals surface area contributed by atoms with E-state index in [1.165, 1.54) is 18.2 Å². The van der Waals surface area contributed by atoms with Crippen LogP contribution in [0.1, 0.15) is 26.3 Å². The molecule has 0 saturated carbocycles. The zero-order valence-corrected chi connectivity index (χ0v) is 13.7. The summed E-state index contributed by atoms with van der Waals surface area (Å²) in [6.07, 6.45) is 5.49. The van der Waals surface area contributed by atoms with Crippen LogP contribution in [0.25, 0.3) is 0 Å². The second-order valence-electron chi connectivity index (χ2n) is 5.31. The van der Waals surface area contributed by atoms with Gasteiger partial charge < -0.3 is 9.47 Å². The lowest BCUT2D eigenvalue weighted by Crippen LogP contribution is -2.10. The molecule has 0 amide bonds. The molecule has 0 aliphatic carbocycles. The van der Waals surface area contributed by atoms with Crippen molar-refractivity contribution in [2.24, 2.45) is 0 Å². The Morgan fingerprint density at radius 2 is 1.27 bits per heavy atom. The van der Waals surface area contributed by atoms with Gasteiger partial charge in [0.15, 0.2) is 0 Å². The molecule has 0 unspecified atom stereocenters. The van der Waals surface area contributed by atoms with Crippen LogP contribution in [0.2, 0.25) is 0 Å². The van der Waals surface area contributed by atoms with E-state index >= 15 is 0 Å². The maximum Gasteiger partial charge on any atom is 0.343 e. The molecule has 3 rings (SSSR count). The lowest BCUT2D eigenvalue weighted by molar-refractivity contribution is 0.0719. The number of carbonyl (C=O) groups is 2. The molecule has 0 bridgehead atoms. The highest BCUT2D eigenvalue weighted by Crippen LogP contribution is 2.25. The van der Waals surface area contributed by atoms with E-state index in [1.54, 1.807) is 54.6 Å². The van der Waals surface area contributed by atoms with E-state index in [2.05, 4.69) is 5.92 Å². The Morgan fingerprint density at radius 3 is 1.81 bits per heavy atom. The Bertz CT molecular complexity index is 970. The van der Waals surface area contributed by atoms with Gasteiger partial charge in [0.25, 0.3) is 0 Å². The molecule has 126 valence electrons. The third-order valence-electron chi connectivity index (χ3n) is 3.54. The van der Waals surface area contributed by atoms with Gasteiger partial charge in [0.05, 0.1) is 16.7 Å². The van der Waals surface area contributed by atoms with E-state index in [0.29, 0.717) is 16.7 Å². The van der Waals surface area contributed by atoms with Crippen molar-refractivity contribution in [3.8, 4) is 23.8 Å². The van der Waals surface area contributed by atoms with E-state index in [4.69, 9.17) is 15.9 Å². The number of esters is 2. The standard InChI is InChI=1S/C22H14O4/c1-2-16-15-19(25-21(23)17-9-5-3-6-10-17)13-14-20(16)26-22(24)18-11-7-4-8-12-18/h1,3-15H. The number of benzene rings is 3. The molecule has 0 atom stereocenters. The first-order chi connectivity index (χ1) is 12.7. The van der Waals surface area contributed by atoms with Crippen molar-refractivity contribution in [1.82, 2.24) is 0 Å². The monoisotopic (exact) mass is 342 g/mol. The van der Waals surface area contributed by atoms with Crippen molar-refractivity contribution in [2.75, 3.05) is 0 Å². The normalized spacial score (nSPS) is 9.81. The minimum absolute atomic E-state index is 0.223. The van der Waals surface area contributed by atoms with Gasteiger partial charge in [-0.3, -0.25) is 0 Å². The van der Waals surface area contributed by atoms with Gasteiger partial charge in [0.1, 0.15) is 11.5 Å². The van der Waals surface area contributed by atoms with E-state index in [0.717, 1.165) is 0 Å². The van der Waals surface area contributed by atoms with Crippen LogP contribution in [-0.2, 0) is 0 Å². The quantitative estimate of drug-likeness (QED) is 0.407. The van der Waals surface area contributed by atoms with Crippen LogP contribution >= 0.6 is 0 Å². The summed E-state index contributed by atoms with van der Waals surface area (Å²) < 4.78 is 10.7. The molecular formula is C22H14O4. The third-order valence-corrected chi connectivity index (χ3v) is 3.54. The fourth-order valence-corrected chi connectivity index (χ4v) is 2.25. The zero-order valence-electron chi connectivity index (χ0n) is 13.7. The Kier molecular flexibility index (Phi) is 5.11. The number of hydrogen-bond acceptors (Lipinski definition) is 4. The highest BCUT2D eigenvalue weighted by molar-refractivity contribution is 5.92. The van der Waals surface area contributed by atoms with Crippen LogP contribution in [0.3, 0.4) is 0 Å². The summed E-state index contributed by atoms with van der Waals surface area (Å²) >= 11 is 0. The molecule has 0 aliphatic heterocycles. The van der Waals surface area contributed by atoms with Gasteiger partial charge in [0, 0.05) is 6.07 Å². The van der Waals surface area contributed by atoms with Crippen molar-refractivity contribution in [3.63, 3.8) is 0 Å². The summed E-state index contributed by atoms with van der Waals surface area (Å²) in [5, 5.41) is 0. The molecule has 4 nitrogen and oxygen atoms in total. The minimum Gasteiger partial charge on any atom is -0.423 e. The van der Waals surface area contributed by atoms with Crippen molar-refractivity contribution >= 4 is 11.9 Å². The van der Waals surface area contributed by atoms with Crippen LogP contribution in [0.15, 0.2) is 78.9 Å². The average molecular weight is 342 g/mol. The molecule has 3 aromatic carbocycles. The lowest BCUT2D eigenvalue weighted by Gasteiger charge is -2.09. The number of carbonyl (C=O) groups excluding carboxylic acids is 2. The van der Waals surface area contributed by atoms with Crippen molar-refractivity contribution < 1.29 is 19.1 Å². The first-order valence-corrected chi connectivity index (χ1v) is 7.82. The van der Waals surface area contributed by atoms with Gasteiger partial charge in [-0.2, -0.15) is 0 Å². The number of terminal acetylenes is 1. The Balaban J connectivity index is 1.77. The summed E-state index contributed by atoms with van der Waals surface area (Å²) in [5.41, 5.74) is 1.15. The summed E-state index contributed by atoms with van der Waals surface area (Å²) in [6, 6.07) is 21.7. The number of hydrogen-bond donors (Lipinski definition) is 0. The van der Waals surface area contributed by atoms with Gasteiger partial charge >= 0.3 is 11.9 Å². The maximum absolute atomic E-state index is 12.2. The maximum atomic E-state index is 12.2. The summed E-state index contributed by atoms with van der Waals surface area (Å²) in [5.74, 6) is 1.91. The molecule has 4 heteroatoms. The van der Waals surface area contributed by atoms with Gasteiger partial charge in [-0.15, -0.1) is 6.42 Å². The average Bonchev–Trinajstić information content (AvgIpc) is 2.70. The molecule has 0 aromatic heterocycles. The predicted molar refractivity (Wildman–Crippen MR) is 97.2 cm³/mol. The van der Waals surface area contributed by atoms with Crippen LogP contribution in [0, 0.1) is 12.3 Å². The fourth-order valence-electron chi connectivity index (χ4n) is 2.25. The Labute approximate surface area is 151 Å². The van der Waals surface area contributed by atoms with E-state index < -0.39 is 11.9 Å². The SMILES string of the molecule is C#Cc1cc(OC(=O)c2ccccc2)ccc1OC(=O)c1ccccc1. The van der Waals surface area contributed by atoms with Gasteiger partial charge in [-0.1, -0.05) is 42.3 Å². The highest BCUT2D eigenvalue weighted by Gasteiger charge is 2.13. The van der Waals surface area contributed by atoms with Crippen LogP contribution in [0.5, 0.6) is 11.5 Å². The predicted octanol–water partition coefficient (Wildman–Crippen LogP) is 4.11. The molecule has 0 N–H and O–H groups in total. The van der Waals surface area contributed by atoms with E-state index in [-0.39, 0.29) is 11.5 Å². The fraction of sp³-hybridized carbons (Fsp3) is 0. The second kappa shape index (κ2) is 7.82. The Hall–Kier alpha value is -3.84. The van der Waals surface area contributed by atoms with Crippen molar-refractivity contribution in [2.45, 2.75) is 0 Å². The molecule has 0 fully saturated rings. The van der Waals surface area contributed by atoms with Gasteiger partial charge in [-0.05, 0) is 36.4 Å². The summed E-state index contributed by atoms with van der Waals surface area (Å²) in [7, 11) is 0. The van der Waals surface area contributed by atoms with Crippen LogP contribution < -0.4 is 9.47 Å². The molecule has 0 aliphatic rings. The number of ether oxygens (including phenoxy) is 2. The summed E-state index contributed by atoms with van der Waals surface area (Å²) in [4.78, 5) is 24.3. The minimum atomic E-state index is -0.517. The molecular weight excluding hydrogens is 328 g/mol. The number of rotatable bonds is 4. The van der Waals surface area contributed by atoms with Crippen LogP contribution in [-0.4, -0.2) is 11.9 Å². The Morgan fingerprint density at radius 1 is 0.731 bits per heavy atom. The first-order valence-electron chi connectivity index (χ1n) is 7.82. The van der Waals surface area contributed by atoms with E-state index in [9.17, 15) is 9.59 Å². The van der Waals surface area contributed by atoms with E-state index in [1.807, 2.05) is 6.07 Å². The van der Waals surface area contributed by atoms with Gasteiger partial charge in [0.2, 0.25) is 0 Å². The van der Waals surface area contributed by atoms with Crippen molar-refractivity contribution in [3.05, 3.63) is 95.6 Å². The molecule has 26 heavy (non-hydrogen) atoms. The van der Waals surface area contributed by atoms with Crippen molar-refractivity contribution in [1.29, 1.82) is 0 Å². The highest BCUT2D eigenvalue weighted by atomic mass is 16.5. The zero-order chi connectivity index (χ0) is 18.4. The summed E-state index contributed by atoms with van der Waals surface area (Å²) in [6.45, 7) is 0. The second-order valence-corrected chi connectivity index (χ2v) is 5.31. The third kappa shape index (κ3) is 3.97. The molecule has 0 heterocycles. The van der Waals surface area contributed by atoms with Gasteiger partial charge in [-0.25, -0.2) is 9.59 Å². The topological polar surface area (TPSA) is 52.6 Å². The lowest BCUT2D eigenvalue weighted by atomic mass is 10.2. The molecule has 0 spiro atoms. The molecule has 0 saturated heterocycles. The molecule has 3 aromatic rings. The largest absolute Gasteiger partial charge is 0.423 e. The smallest absolute Gasteiger partial charge is 0.343 e. The first kappa shape index (κ1) is 17.0.